The molecule has 0 bridgehead atoms. The standard InChI is InChI=1S/C15H25NO2/c1-2-3-4-5-12-17-14-7-9-15(10-8-14)18-13-6-11-16/h7-10H,2-6,11-13,16H2,1H3. The number of nitrogens with two attached hydrogens (primary N) is 1. The molecule has 102 valence electrons. The number of unbranched alkanes of at least 4 members (excludes halogenated alkanes) is 3. The Morgan fingerprint density at radius 1 is 0.833 bits per heavy atom. The highest BCUT2D eigenvalue weighted by molar-refractivity contribution is 5.31. The summed E-state index contributed by atoms with van der Waals surface area (Å²) in [5.41, 5.74) is 5.41. The lowest BCUT2D eigenvalue weighted by Gasteiger charge is -2.08. The molecule has 2 N–H and O–H groups in total. The van der Waals surface area contributed by atoms with E-state index in [0.717, 1.165) is 30.9 Å². The molecule has 0 unspecified atom stereocenters. The minimum atomic E-state index is 0.666. The molecular formula is C15H25NO2. The molecule has 0 aliphatic rings. The summed E-state index contributed by atoms with van der Waals surface area (Å²) in [5, 5.41) is 0. The van der Waals surface area contributed by atoms with Gasteiger partial charge in [-0.15, -0.1) is 0 Å². The summed E-state index contributed by atoms with van der Waals surface area (Å²) in [7, 11) is 0. The van der Waals surface area contributed by atoms with Crippen LogP contribution in [0.4, 0.5) is 0 Å². The van der Waals surface area contributed by atoms with Gasteiger partial charge in [-0.25, -0.2) is 0 Å². The van der Waals surface area contributed by atoms with Gasteiger partial charge in [0, 0.05) is 0 Å². The zero-order valence-electron chi connectivity index (χ0n) is 11.4. The lowest BCUT2D eigenvalue weighted by atomic mass is 10.2. The van der Waals surface area contributed by atoms with E-state index < -0.39 is 0 Å². The van der Waals surface area contributed by atoms with E-state index in [2.05, 4.69) is 6.92 Å². The van der Waals surface area contributed by atoms with Crippen molar-refractivity contribution in [1.29, 1.82) is 0 Å². The van der Waals surface area contributed by atoms with Crippen molar-refractivity contribution in [3.63, 3.8) is 0 Å². The van der Waals surface area contributed by atoms with Gasteiger partial charge in [-0.1, -0.05) is 26.2 Å². The largest absolute Gasteiger partial charge is 0.494 e. The Hall–Kier alpha value is -1.22. The van der Waals surface area contributed by atoms with Crippen molar-refractivity contribution >= 4 is 0 Å². The number of hydrogen-bond donors (Lipinski definition) is 1. The van der Waals surface area contributed by atoms with Gasteiger partial charge >= 0.3 is 0 Å². The van der Waals surface area contributed by atoms with Gasteiger partial charge < -0.3 is 15.2 Å². The first-order valence-corrected chi connectivity index (χ1v) is 6.92. The molecule has 1 aromatic carbocycles. The fourth-order valence-electron chi connectivity index (χ4n) is 1.62. The van der Waals surface area contributed by atoms with Crippen molar-refractivity contribution in [3.8, 4) is 11.5 Å². The van der Waals surface area contributed by atoms with Crippen LogP contribution in [0.15, 0.2) is 24.3 Å². The van der Waals surface area contributed by atoms with E-state index in [0.29, 0.717) is 13.2 Å². The number of rotatable bonds is 10. The third-order valence-corrected chi connectivity index (χ3v) is 2.71. The van der Waals surface area contributed by atoms with Gasteiger partial charge in [0.1, 0.15) is 11.5 Å². The summed E-state index contributed by atoms with van der Waals surface area (Å²) < 4.78 is 11.2. The van der Waals surface area contributed by atoms with E-state index in [1.54, 1.807) is 0 Å². The number of ether oxygens (including phenoxy) is 2. The van der Waals surface area contributed by atoms with Crippen LogP contribution in [0.5, 0.6) is 11.5 Å². The average molecular weight is 251 g/mol. The molecule has 0 fully saturated rings. The average Bonchev–Trinajstić information content (AvgIpc) is 2.40. The molecule has 0 atom stereocenters. The first-order valence-electron chi connectivity index (χ1n) is 6.92. The van der Waals surface area contributed by atoms with Crippen LogP contribution in [-0.4, -0.2) is 19.8 Å². The minimum absolute atomic E-state index is 0.666. The Bertz CT molecular complexity index is 298. The van der Waals surface area contributed by atoms with Crippen LogP contribution in [0, 0.1) is 0 Å². The SMILES string of the molecule is CCCCCCOc1ccc(OCCCN)cc1. The van der Waals surface area contributed by atoms with E-state index >= 15 is 0 Å². The zero-order valence-corrected chi connectivity index (χ0v) is 11.4. The van der Waals surface area contributed by atoms with Gasteiger partial charge in [-0.2, -0.15) is 0 Å². The Morgan fingerprint density at radius 2 is 1.39 bits per heavy atom. The smallest absolute Gasteiger partial charge is 0.119 e. The van der Waals surface area contributed by atoms with Crippen molar-refractivity contribution in [2.24, 2.45) is 5.73 Å². The monoisotopic (exact) mass is 251 g/mol. The second-order valence-electron chi connectivity index (χ2n) is 4.37. The summed E-state index contributed by atoms with van der Waals surface area (Å²) in [5.74, 6) is 1.79. The maximum atomic E-state index is 5.66. The van der Waals surface area contributed by atoms with E-state index in [-0.39, 0.29) is 0 Å². The first kappa shape index (κ1) is 14.8. The molecule has 0 heterocycles. The van der Waals surface area contributed by atoms with Gasteiger partial charge in [0.05, 0.1) is 13.2 Å². The molecule has 0 spiro atoms. The molecule has 1 rings (SSSR count). The van der Waals surface area contributed by atoms with Gasteiger partial charge in [0.25, 0.3) is 0 Å². The topological polar surface area (TPSA) is 44.5 Å². The molecule has 0 radical (unpaired) electrons. The summed E-state index contributed by atoms with van der Waals surface area (Å²) in [6, 6.07) is 7.80. The Labute approximate surface area is 110 Å². The first-order chi connectivity index (χ1) is 8.86. The van der Waals surface area contributed by atoms with Crippen molar-refractivity contribution in [2.45, 2.75) is 39.0 Å². The second-order valence-corrected chi connectivity index (χ2v) is 4.37. The van der Waals surface area contributed by atoms with Gasteiger partial charge in [-0.3, -0.25) is 0 Å². The second kappa shape index (κ2) is 9.77. The highest BCUT2D eigenvalue weighted by Gasteiger charge is 1.96. The number of hydrogen-bond acceptors (Lipinski definition) is 3. The van der Waals surface area contributed by atoms with E-state index in [1.807, 2.05) is 24.3 Å². The molecule has 0 aliphatic heterocycles. The summed E-state index contributed by atoms with van der Waals surface area (Å²) in [6.07, 6.45) is 5.81. The molecule has 0 aromatic heterocycles. The highest BCUT2D eigenvalue weighted by atomic mass is 16.5. The van der Waals surface area contributed by atoms with Crippen LogP contribution in [0.1, 0.15) is 39.0 Å². The molecule has 0 saturated carbocycles. The van der Waals surface area contributed by atoms with Crippen LogP contribution >= 0.6 is 0 Å². The Kier molecular flexibility index (Phi) is 8.06. The normalized spacial score (nSPS) is 10.3. The predicted octanol–water partition coefficient (Wildman–Crippen LogP) is 3.37. The minimum Gasteiger partial charge on any atom is -0.494 e. The van der Waals surface area contributed by atoms with Crippen LogP contribution in [-0.2, 0) is 0 Å². The molecule has 0 saturated heterocycles. The van der Waals surface area contributed by atoms with Crippen molar-refractivity contribution < 1.29 is 9.47 Å². The van der Waals surface area contributed by atoms with Gasteiger partial charge in [0.15, 0.2) is 0 Å². The van der Waals surface area contributed by atoms with E-state index in [4.69, 9.17) is 15.2 Å². The highest BCUT2D eigenvalue weighted by Crippen LogP contribution is 2.18. The lowest BCUT2D eigenvalue weighted by molar-refractivity contribution is 0.300. The molecular weight excluding hydrogens is 226 g/mol. The van der Waals surface area contributed by atoms with E-state index in [1.165, 1.54) is 19.3 Å². The Balaban J connectivity index is 2.19. The summed E-state index contributed by atoms with van der Waals surface area (Å²) in [4.78, 5) is 0. The Morgan fingerprint density at radius 3 is 1.89 bits per heavy atom. The zero-order chi connectivity index (χ0) is 13.1. The van der Waals surface area contributed by atoms with Crippen molar-refractivity contribution in [2.75, 3.05) is 19.8 Å². The maximum Gasteiger partial charge on any atom is 0.119 e. The van der Waals surface area contributed by atoms with Gasteiger partial charge in [0.2, 0.25) is 0 Å². The maximum absolute atomic E-state index is 5.66. The third-order valence-electron chi connectivity index (χ3n) is 2.71. The van der Waals surface area contributed by atoms with Crippen molar-refractivity contribution in [1.82, 2.24) is 0 Å². The van der Waals surface area contributed by atoms with Gasteiger partial charge in [-0.05, 0) is 43.7 Å². The van der Waals surface area contributed by atoms with Crippen LogP contribution in [0.2, 0.25) is 0 Å². The molecule has 1 aromatic rings. The molecule has 3 nitrogen and oxygen atoms in total. The third kappa shape index (κ3) is 6.50. The van der Waals surface area contributed by atoms with Crippen LogP contribution < -0.4 is 15.2 Å². The van der Waals surface area contributed by atoms with E-state index in [9.17, 15) is 0 Å². The molecule has 18 heavy (non-hydrogen) atoms. The fraction of sp³-hybridized carbons (Fsp3) is 0.600. The van der Waals surface area contributed by atoms with Crippen molar-refractivity contribution in [3.05, 3.63) is 24.3 Å². The van der Waals surface area contributed by atoms with Crippen LogP contribution in [0.25, 0.3) is 0 Å². The molecule has 0 aliphatic carbocycles. The summed E-state index contributed by atoms with van der Waals surface area (Å²) in [6.45, 7) is 4.35. The van der Waals surface area contributed by atoms with Crippen LogP contribution in [0.3, 0.4) is 0 Å². The predicted molar refractivity (Wildman–Crippen MR) is 75.2 cm³/mol. The summed E-state index contributed by atoms with van der Waals surface area (Å²) >= 11 is 0. The number of benzene rings is 1. The molecule has 0 amide bonds. The fourth-order valence-corrected chi connectivity index (χ4v) is 1.62. The quantitative estimate of drug-likeness (QED) is 0.648. The molecule has 3 heteroatoms. The lowest BCUT2D eigenvalue weighted by Crippen LogP contribution is -2.06.